The lowest BCUT2D eigenvalue weighted by molar-refractivity contribution is 0.411. The van der Waals surface area contributed by atoms with Crippen molar-refractivity contribution in [2.45, 2.75) is 19.4 Å². The van der Waals surface area contributed by atoms with Crippen molar-refractivity contribution in [2.75, 3.05) is 12.1 Å². The number of hydrogen-bond acceptors (Lipinski definition) is 4. The van der Waals surface area contributed by atoms with Crippen molar-refractivity contribution in [1.29, 1.82) is 0 Å². The molecule has 2 heterocycles. The molecular weight excluding hydrogens is 288 g/mol. The third kappa shape index (κ3) is 2.02. The van der Waals surface area contributed by atoms with Gasteiger partial charge in [-0.15, -0.1) is 0 Å². The number of fused-ring (bicyclic) bond motifs is 3. The lowest BCUT2D eigenvalue weighted by Gasteiger charge is -2.32. The van der Waals surface area contributed by atoms with Crippen LogP contribution in [-0.2, 0) is 0 Å². The van der Waals surface area contributed by atoms with Gasteiger partial charge in [0, 0.05) is 11.1 Å². The molecule has 23 heavy (non-hydrogen) atoms. The van der Waals surface area contributed by atoms with E-state index in [2.05, 4.69) is 26.0 Å². The van der Waals surface area contributed by atoms with Gasteiger partial charge in [0.05, 0.1) is 24.6 Å². The molecule has 4 rings (SSSR count). The number of rotatable bonds is 2. The summed E-state index contributed by atoms with van der Waals surface area (Å²) in [6.07, 6.45) is 1.82. The molecule has 2 aromatic carbocycles. The predicted molar refractivity (Wildman–Crippen MR) is 91.2 cm³/mol. The largest absolute Gasteiger partial charge is 0.497 e. The summed E-state index contributed by atoms with van der Waals surface area (Å²) in [5.41, 5.74) is 3.76. The maximum absolute atomic E-state index is 5.83. The summed E-state index contributed by atoms with van der Waals surface area (Å²) < 4.78 is 11.2. The average molecular weight is 306 g/mol. The van der Waals surface area contributed by atoms with Gasteiger partial charge in [0.1, 0.15) is 17.2 Å². The summed E-state index contributed by atoms with van der Waals surface area (Å²) in [6, 6.07) is 16.0. The number of hydrogen-bond donors (Lipinski definition) is 0. The molecule has 0 spiro atoms. The van der Waals surface area contributed by atoms with Gasteiger partial charge in [0.15, 0.2) is 0 Å². The van der Waals surface area contributed by atoms with Crippen molar-refractivity contribution in [1.82, 2.24) is 0 Å². The summed E-state index contributed by atoms with van der Waals surface area (Å²) in [5, 5.41) is 6.94. The van der Waals surface area contributed by atoms with Crippen LogP contribution in [0.1, 0.15) is 19.4 Å². The molecule has 2 aromatic rings. The van der Waals surface area contributed by atoms with E-state index in [1.165, 1.54) is 0 Å². The second-order valence-corrected chi connectivity index (χ2v) is 6.17. The Morgan fingerprint density at radius 3 is 2.61 bits per heavy atom. The Bertz CT molecular complexity index is 823. The molecule has 4 heteroatoms. The lowest BCUT2D eigenvalue weighted by atomic mass is 9.87. The summed E-state index contributed by atoms with van der Waals surface area (Å²) in [7, 11) is 1.67. The zero-order valence-electron chi connectivity index (χ0n) is 13.4. The SMILES string of the molecule is COc1ccc2c(c1)C1=NN(c3ccccc3)C(C)(C)C1=CO2. The van der Waals surface area contributed by atoms with E-state index >= 15 is 0 Å². The van der Waals surface area contributed by atoms with Gasteiger partial charge in [0.25, 0.3) is 0 Å². The van der Waals surface area contributed by atoms with Crippen LogP contribution >= 0.6 is 0 Å². The molecule has 0 fully saturated rings. The fourth-order valence-corrected chi connectivity index (χ4v) is 3.08. The smallest absolute Gasteiger partial charge is 0.136 e. The fourth-order valence-electron chi connectivity index (χ4n) is 3.08. The van der Waals surface area contributed by atoms with Gasteiger partial charge in [0.2, 0.25) is 0 Å². The zero-order chi connectivity index (χ0) is 16.0. The number of hydrazone groups is 1. The highest BCUT2D eigenvalue weighted by Gasteiger charge is 2.43. The van der Waals surface area contributed by atoms with Crippen molar-refractivity contribution in [3.63, 3.8) is 0 Å². The van der Waals surface area contributed by atoms with Crippen LogP contribution in [0.25, 0.3) is 0 Å². The van der Waals surface area contributed by atoms with E-state index in [9.17, 15) is 0 Å². The van der Waals surface area contributed by atoms with Crippen LogP contribution in [-0.4, -0.2) is 18.4 Å². The maximum Gasteiger partial charge on any atom is 0.136 e. The first-order valence-corrected chi connectivity index (χ1v) is 7.61. The molecule has 0 aliphatic carbocycles. The van der Waals surface area contributed by atoms with Gasteiger partial charge in [-0.25, -0.2) is 0 Å². The first kappa shape index (κ1) is 13.9. The van der Waals surface area contributed by atoms with Crippen molar-refractivity contribution in [2.24, 2.45) is 5.10 Å². The van der Waals surface area contributed by atoms with E-state index in [0.29, 0.717) is 0 Å². The molecule has 0 aromatic heterocycles. The fraction of sp³-hybridized carbons (Fsp3) is 0.211. The van der Waals surface area contributed by atoms with E-state index in [0.717, 1.165) is 34.0 Å². The molecule has 0 atom stereocenters. The van der Waals surface area contributed by atoms with Crippen LogP contribution < -0.4 is 14.5 Å². The summed E-state index contributed by atoms with van der Waals surface area (Å²) in [5.74, 6) is 1.60. The Morgan fingerprint density at radius 1 is 1.09 bits per heavy atom. The molecule has 0 unspecified atom stereocenters. The number of nitrogens with zero attached hydrogens (tertiary/aromatic N) is 2. The molecule has 116 valence electrons. The topological polar surface area (TPSA) is 34.1 Å². The minimum atomic E-state index is -0.280. The number of methoxy groups -OCH3 is 1. The number of para-hydroxylation sites is 1. The summed E-state index contributed by atoms with van der Waals surface area (Å²) >= 11 is 0. The molecule has 2 aliphatic heterocycles. The van der Waals surface area contributed by atoms with Crippen molar-refractivity contribution in [3.8, 4) is 11.5 Å². The lowest BCUT2D eigenvalue weighted by Crippen LogP contribution is -2.39. The van der Waals surface area contributed by atoms with Crippen molar-refractivity contribution < 1.29 is 9.47 Å². The van der Waals surface area contributed by atoms with Crippen molar-refractivity contribution >= 4 is 11.4 Å². The van der Waals surface area contributed by atoms with Gasteiger partial charge < -0.3 is 9.47 Å². The second-order valence-electron chi connectivity index (χ2n) is 6.17. The number of benzene rings is 2. The van der Waals surface area contributed by atoms with Crippen LogP contribution in [0.15, 0.2) is 65.5 Å². The molecule has 2 aliphatic rings. The standard InChI is InChI=1S/C19H18N2O2/c1-19(2)16-12-23-17-10-9-14(22-3)11-15(17)18(16)20-21(19)13-7-5-4-6-8-13/h4-12H,1-3H3. The molecule has 0 N–H and O–H groups in total. The Morgan fingerprint density at radius 2 is 1.87 bits per heavy atom. The van der Waals surface area contributed by atoms with Crippen LogP contribution in [0.4, 0.5) is 5.69 Å². The molecular formula is C19H18N2O2. The highest BCUT2D eigenvalue weighted by molar-refractivity contribution is 6.18. The Hall–Kier alpha value is -2.75. The molecule has 0 saturated carbocycles. The minimum Gasteiger partial charge on any atom is -0.497 e. The van der Waals surface area contributed by atoms with Crippen LogP contribution in [0.2, 0.25) is 0 Å². The zero-order valence-corrected chi connectivity index (χ0v) is 13.4. The van der Waals surface area contributed by atoms with Gasteiger partial charge in [-0.05, 0) is 44.2 Å². The maximum atomic E-state index is 5.83. The van der Waals surface area contributed by atoms with E-state index in [-0.39, 0.29) is 5.54 Å². The highest BCUT2D eigenvalue weighted by Crippen LogP contribution is 2.42. The molecule has 0 amide bonds. The molecule has 0 saturated heterocycles. The van der Waals surface area contributed by atoms with Gasteiger partial charge in [-0.2, -0.15) is 5.10 Å². The van der Waals surface area contributed by atoms with Crippen LogP contribution in [0.3, 0.4) is 0 Å². The Kier molecular flexibility index (Phi) is 2.94. The number of ether oxygens (including phenoxy) is 2. The van der Waals surface area contributed by atoms with Crippen LogP contribution in [0, 0.1) is 0 Å². The van der Waals surface area contributed by atoms with Gasteiger partial charge in [-0.1, -0.05) is 18.2 Å². The predicted octanol–water partition coefficient (Wildman–Crippen LogP) is 3.97. The summed E-state index contributed by atoms with van der Waals surface area (Å²) in [6.45, 7) is 4.30. The Labute approximate surface area is 135 Å². The van der Waals surface area contributed by atoms with E-state index in [1.807, 2.05) is 47.7 Å². The van der Waals surface area contributed by atoms with E-state index in [1.54, 1.807) is 7.11 Å². The van der Waals surface area contributed by atoms with Gasteiger partial charge in [-0.3, -0.25) is 5.01 Å². The van der Waals surface area contributed by atoms with Crippen LogP contribution in [0.5, 0.6) is 11.5 Å². The normalized spacial score (nSPS) is 17.6. The molecule has 4 nitrogen and oxygen atoms in total. The highest BCUT2D eigenvalue weighted by atomic mass is 16.5. The summed E-state index contributed by atoms with van der Waals surface area (Å²) in [4.78, 5) is 0. The third-order valence-corrected chi connectivity index (χ3v) is 4.39. The molecule has 0 bridgehead atoms. The van der Waals surface area contributed by atoms with E-state index in [4.69, 9.17) is 14.6 Å². The first-order chi connectivity index (χ1) is 11.1. The van der Waals surface area contributed by atoms with E-state index < -0.39 is 0 Å². The molecule has 0 radical (unpaired) electrons. The Balaban J connectivity index is 1.87. The van der Waals surface area contributed by atoms with Gasteiger partial charge >= 0.3 is 0 Å². The second kappa shape index (κ2) is 4.88. The first-order valence-electron chi connectivity index (χ1n) is 7.61. The monoisotopic (exact) mass is 306 g/mol. The average Bonchev–Trinajstić information content (AvgIpc) is 2.86. The number of anilines is 1. The minimum absolute atomic E-state index is 0.280. The quantitative estimate of drug-likeness (QED) is 0.842. The third-order valence-electron chi connectivity index (χ3n) is 4.39. The van der Waals surface area contributed by atoms with Crippen molar-refractivity contribution in [3.05, 3.63) is 65.9 Å².